The quantitative estimate of drug-likeness (QED) is 0.662. The molecule has 1 N–H and O–H groups in total. The molecule has 6 heteroatoms. The van der Waals surface area contributed by atoms with Crippen LogP contribution in [0.25, 0.3) is 22.4 Å². The van der Waals surface area contributed by atoms with E-state index >= 15 is 0 Å². The van der Waals surface area contributed by atoms with Crippen LogP contribution in [0, 0.1) is 0 Å². The molecule has 3 rings (SSSR count). The van der Waals surface area contributed by atoms with Crippen LogP contribution in [0.5, 0.6) is 5.75 Å². The van der Waals surface area contributed by atoms with Gasteiger partial charge in [0.2, 0.25) is 0 Å². The minimum absolute atomic E-state index is 0.569. The summed E-state index contributed by atoms with van der Waals surface area (Å²) in [6.07, 6.45) is 0. The van der Waals surface area contributed by atoms with E-state index in [0.717, 1.165) is 21.3 Å². The molecule has 2 aromatic carbocycles. The number of aromatic nitrogens is 2. The van der Waals surface area contributed by atoms with Gasteiger partial charge in [-0.15, -0.1) is 0 Å². The summed E-state index contributed by atoms with van der Waals surface area (Å²) in [5.41, 5.74) is 2.32. The molecule has 0 saturated carbocycles. The van der Waals surface area contributed by atoms with Gasteiger partial charge in [-0.3, -0.25) is 0 Å². The lowest BCUT2D eigenvalue weighted by Crippen LogP contribution is -1.86. The standard InChI is InChI=1S/C14H9BrCl2N2O/c1-20-11-5-2-7(6-8(11)15)14-18-12-9(16)3-4-10(17)13(12)19-14/h2-6H,1H3,(H,18,19). The molecule has 0 aliphatic rings. The molecule has 0 unspecified atom stereocenters. The van der Waals surface area contributed by atoms with E-state index in [4.69, 9.17) is 27.9 Å². The monoisotopic (exact) mass is 370 g/mol. The predicted molar refractivity (Wildman–Crippen MR) is 85.8 cm³/mol. The molecule has 3 nitrogen and oxygen atoms in total. The molecule has 3 aromatic rings. The Kier molecular flexibility index (Phi) is 3.63. The van der Waals surface area contributed by atoms with E-state index in [1.165, 1.54) is 0 Å². The minimum Gasteiger partial charge on any atom is -0.496 e. The number of imidazole rings is 1. The molecular formula is C14H9BrCl2N2O. The Hall–Kier alpha value is -1.23. The summed E-state index contributed by atoms with van der Waals surface area (Å²) in [5.74, 6) is 1.47. The molecule has 0 saturated heterocycles. The van der Waals surface area contributed by atoms with Crippen molar-refractivity contribution in [2.24, 2.45) is 0 Å². The second-order valence-electron chi connectivity index (χ2n) is 4.19. The van der Waals surface area contributed by atoms with Gasteiger partial charge in [-0.1, -0.05) is 23.2 Å². The number of nitrogens with one attached hydrogen (secondary N) is 1. The lowest BCUT2D eigenvalue weighted by molar-refractivity contribution is 0.412. The second kappa shape index (κ2) is 5.28. The number of hydrogen-bond donors (Lipinski definition) is 1. The van der Waals surface area contributed by atoms with Crippen molar-refractivity contribution in [2.75, 3.05) is 7.11 Å². The van der Waals surface area contributed by atoms with Gasteiger partial charge in [0, 0.05) is 5.56 Å². The van der Waals surface area contributed by atoms with Crippen LogP contribution in [-0.2, 0) is 0 Å². The Morgan fingerprint density at radius 1 is 1.15 bits per heavy atom. The third-order valence-corrected chi connectivity index (χ3v) is 4.21. The average molecular weight is 372 g/mol. The van der Waals surface area contributed by atoms with Crippen LogP contribution in [0.15, 0.2) is 34.8 Å². The molecular weight excluding hydrogens is 363 g/mol. The van der Waals surface area contributed by atoms with Gasteiger partial charge >= 0.3 is 0 Å². The molecule has 0 bridgehead atoms. The molecule has 0 atom stereocenters. The van der Waals surface area contributed by atoms with Crippen molar-refractivity contribution in [1.29, 1.82) is 0 Å². The zero-order valence-corrected chi connectivity index (χ0v) is 13.5. The van der Waals surface area contributed by atoms with Crippen molar-refractivity contribution in [1.82, 2.24) is 9.97 Å². The summed E-state index contributed by atoms with van der Waals surface area (Å²) in [4.78, 5) is 7.70. The fourth-order valence-corrected chi connectivity index (χ4v) is 2.92. The minimum atomic E-state index is 0.569. The van der Waals surface area contributed by atoms with Crippen molar-refractivity contribution in [3.05, 3.63) is 44.8 Å². The number of H-pyrrole nitrogens is 1. The van der Waals surface area contributed by atoms with E-state index in [1.807, 2.05) is 18.2 Å². The smallest absolute Gasteiger partial charge is 0.138 e. The Bertz CT molecular complexity index is 762. The Morgan fingerprint density at radius 3 is 2.55 bits per heavy atom. The van der Waals surface area contributed by atoms with Gasteiger partial charge in [0.05, 0.1) is 27.1 Å². The van der Waals surface area contributed by atoms with E-state index in [1.54, 1.807) is 19.2 Å². The number of benzene rings is 2. The van der Waals surface area contributed by atoms with E-state index in [2.05, 4.69) is 25.9 Å². The Labute approximate surface area is 134 Å². The maximum absolute atomic E-state index is 6.15. The molecule has 0 aliphatic heterocycles. The maximum Gasteiger partial charge on any atom is 0.138 e. The molecule has 0 fully saturated rings. The number of nitrogens with zero attached hydrogens (tertiary/aromatic N) is 1. The van der Waals surface area contributed by atoms with Crippen molar-refractivity contribution in [2.45, 2.75) is 0 Å². The molecule has 0 aliphatic carbocycles. The summed E-state index contributed by atoms with van der Waals surface area (Å²) in [7, 11) is 1.63. The zero-order chi connectivity index (χ0) is 14.3. The zero-order valence-electron chi connectivity index (χ0n) is 10.4. The van der Waals surface area contributed by atoms with Crippen molar-refractivity contribution >= 4 is 50.2 Å². The lowest BCUT2D eigenvalue weighted by Gasteiger charge is -2.04. The molecule has 1 heterocycles. The molecule has 20 heavy (non-hydrogen) atoms. The second-order valence-corrected chi connectivity index (χ2v) is 5.86. The highest BCUT2D eigenvalue weighted by Gasteiger charge is 2.12. The highest BCUT2D eigenvalue weighted by molar-refractivity contribution is 9.10. The Balaban J connectivity index is 2.17. The highest BCUT2D eigenvalue weighted by atomic mass is 79.9. The number of aromatic amines is 1. The molecule has 0 spiro atoms. The van der Waals surface area contributed by atoms with Crippen LogP contribution in [0.1, 0.15) is 0 Å². The molecule has 0 radical (unpaired) electrons. The molecule has 0 amide bonds. The largest absolute Gasteiger partial charge is 0.496 e. The fourth-order valence-electron chi connectivity index (χ4n) is 1.98. The maximum atomic E-state index is 6.15. The summed E-state index contributed by atoms with van der Waals surface area (Å²) in [6, 6.07) is 9.20. The van der Waals surface area contributed by atoms with Crippen LogP contribution in [-0.4, -0.2) is 17.1 Å². The molecule has 1 aromatic heterocycles. The van der Waals surface area contributed by atoms with Gasteiger partial charge in [0.1, 0.15) is 17.1 Å². The van der Waals surface area contributed by atoms with Crippen LogP contribution in [0.3, 0.4) is 0 Å². The third-order valence-electron chi connectivity index (χ3n) is 2.97. The van der Waals surface area contributed by atoms with Crippen LogP contribution in [0.4, 0.5) is 0 Å². The van der Waals surface area contributed by atoms with Gasteiger partial charge in [-0.05, 0) is 46.3 Å². The number of halogens is 3. The lowest BCUT2D eigenvalue weighted by atomic mass is 10.2. The third kappa shape index (κ3) is 2.28. The topological polar surface area (TPSA) is 37.9 Å². The summed E-state index contributed by atoms with van der Waals surface area (Å²) >= 11 is 15.7. The van der Waals surface area contributed by atoms with Crippen molar-refractivity contribution in [3.63, 3.8) is 0 Å². The normalized spacial score (nSPS) is 11.0. The highest BCUT2D eigenvalue weighted by Crippen LogP contribution is 2.33. The van der Waals surface area contributed by atoms with Gasteiger partial charge in [0.15, 0.2) is 0 Å². The summed E-state index contributed by atoms with van der Waals surface area (Å²) < 4.78 is 6.07. The SMILES string of the molecule is COc1ccc(-c2nc3c(Cl)ccc(Cl)c3[nH]2)cc1Br. The van der Waals surface area contributed by atoms with Crippen LogP contribution >= 0.6 is 39.1 Å². The van der Waals surface area contributed by atoms with E-state index in [0.29, 0.717) is 21.4 Å². The van der Waals surface area contributed by atoms with Gasteiger partial charge < -0.3 is 9.72 Å². The summed E-state index contributed by atoms with van der Waals surface area (Å²) in [5, 5.41) is 1.16. The van der Waals surface area contributed by atoms with Crippen molar-refractivity contribution < 1.29 is 4.74 Å². The first-order valence-corrected chi connectivity index (χ1v) is 7.32. The number of rotatable bonds is 2. The van der Waals surface area contributed by atoms with Gasteiger partial charge in [-0.25, -0.2) is 4.98 Å². The van der Waals surface area contributed by atoms with Crippen LogP contribution in [0.2, 0.25) is 10.0 Å². The number of fused-ring (bicyclic) bond motifs is 1. The van der Waals surface area contributed by atoms with E-state index in [-0.39, 0.29) is 0 Å². The van der Waals surface area contributed by atoms with E-state index in [9.17, 15) is 0 Å². The Morgan fingerprint density at radius 2 is 1.90 bits per heavy atom. The number of ether oxygens (including phenoxy) is 1. The van der Waals surface area contributed by atoms with Crippen molar-refractivity contribution in [3.8, 4) is 17.1 Å². The molecule has 102 valence electrons. The predicted octanol–water partition coefficient (Wildman–Crippen LogP) is 5.31. The first-order valence-electron chi connectivity index (χ1n) is 5.78. The van der Waals surface area contributed by atoms with Gasteiger partial charge in [0.25, 0.3) is 0 Å². The summed E-state index contributed by atoms with van der Waals surface area (Å²) in [6.45, 7) is 0. The first kappa shape index (κ1) is 13.7. The first-order chi connectivity index (χ1) is 9.60. The number of methoxy groups -OCH3 is 1. The average Bonchev–Trinajstić information content (AvgIpc) is 2.89. The number of hydrogen-bond acceptors (Lipinski definition) is 2. The van der Waals surface area contributed by atoms with Crippen LogP contribution < -0.4 is 4.74 Å². The fraction of sp³-hybridized carbons (Fsp3) is 0.0714. The van der Waals surface area contributed by atoms with E-state index < -0.39 is 0 Å². The van der Waals surface area contributed by atoms with Gasteiger partial charge in [-0.2, -0.15) is 0 Å².